The van der Waals surface area contributed by atoms with Crippen molar-refractivity contribution in [1.82, 2.24) is 10.3 Å². The molecule has 5 nitrogen and oxygen atoms in total. The minimum absolute atomic E-state index is 0.0307. The molecule has 1 N–H and O–H groups in total. The van der Waals surface area contributed by atoms with Gasteiger partial charge in [-0.15, -0.1) is 0 Å². The fourth-order valence-corrected chi connectivity index (χ4v) is 4.52. The van der Waals surface area contributed by atoms with Crippen LogP contribution in [0.1, 0.15) is 5.56 Å². The zero-order valence-electron chi connectivity index (χ0n) is 14.1. The molecule has 1 aliphatic carbocycles. The number of fused-ring (bicyclic) bond motifs is 2. The number of aromatic nitrogens is 1. The third kappa shape index (κ3) is 3.64. The van der Waals surface area contributed by atoms with E-state index in [0.29, 0.717) is 11.4 Å². The second-order valence-corrected chi connectivity index (χ2v) is 9.40. The van der Waals surface area contributed by atoms with Crippen LogP contribution in [0.25, 0.3) is 0 Å². The molecule has 0 saturated carbocycles. The van der Waals surface area contributed by atoms with Gasteiger partial charge in [0.1, 0.15) is 11.1 Å². The van der Waals surface area contributed by atoms with E-state index in [2.05, 4.69) is 28.5 Å². The third-order valence-electron chi connectivity index (χ3n) is 4.23. The normalized spacial score (nSPS) is 21.2. The van der Waals surface area contributed by atoms with E-state index in [1.807, 2.05) is 24.3 Å². The highest BCUT2D eigenvalue weighted by molar-refractivity contribution is 8.00. The quantitative estimate of drug-likeness (QED) is 0.871. The highest BCUT2D eigenvalue weighted by Crippen LogP contribution is 2.40. The van der Waals surface area contributed by atoms with Gasteiger partial charge in [0.05, 0.1) is 10.1 Å². The Morgan fingerprint density at radius 2 is 2.04 bits per heavy atom. The molecular formula is C19H18N2O3S2. The molecule has 4 rings (SSSR count). The molecule has 0 fully saturated rings. The Morgan fingerprint density at radius 1 is 1.23 bits per heavy atom. The number of ether oxygens (including phenoxy) is 1. The second-order valence-electron chi connectivity index (χ2n) is 6.22. The van der Waals surface area contributed by atoms with Crippen LogP contribution < -0.4 is 10.1 Å². The van der Waals surface area contributed by atoms with E-state index in [9.17, 15) is 8.42 Å². The summed E-state index contributed by atoms with van der Waals surface area (Å²) in [5.41, 5.74) is 2.01. The van der Waals surface area contributed by atoms with E-state index in [4.69, 9.17) is 4.74 Å². The van der Waals surface area contributed by atoms with Gasteiger partial charge in [0.15, 0.2) is 15.6 Å². The van der Waals surface area contributed by atoms with Crippen molar-refractivity contribution in [3.8, 4) is 5.75 Å². The summed E-state index contributed by atoms with van der Waals surface area (Å²) in [6.45, 7) is 0.614. The number of nitrogens with zero attached hydrogens (tertiary/aromatic N) is 1. The molecule has 1 aromatic carbocycles. The minimum atomic E-state index is -3.16. The number of rotatable bonds is 4. The topological polar surface area (TPSA) is 68.3 Å². The number of nitrogens with one attached hydrogen (secondary N) is 1. The minimum Gasteiger partial charge on any atom is -0.482 e. The molecule has 0 saturated heterocycles. The Labute approximate surface area is 157 Å². The van der Waals surface area contributed by atoms with Crippen molar-refractivity contribution in [3.63, 3.8) is 0 Å². The van der Waals surface area contributed by atoms with Crippen molar-refractivity contribution in [2.75, 3.05) is 6.26 Å². The number of hydrogen-bond donors (Lipinski definition) is 1. The number of pyridine rings is 1. The van der Waals surface area contributed by atoms with Crippen LogP contribution in [0.4, 0.5) is 0 Å². The Bertz CT molecular complexity index is 982. The molecule has 0 bridgehead atoms. The summed E-state index contributed by atoms with van der Waals surface area (Å²) in [6, 6.07) is 10.7. The molecule has 0 spiro atoms. The summed E-state index contributed by atoms with van der Waals surface area (Å²) >= 11 is 1.71. The second kappa shape index (κ2) is 6.81. The van der Waals surface area contributed by atoms with Gasteiger partial charge < -0.3 is 10.1 Å². The predicted molar refractivity (Wildman–Crippen MR) is 102 cm³/mol. The molecule has 2 aromatic rings. The molecule has 26 heavy (non-hydrogen) atoms. The molecule has 7 heteroatoms. The lowest BCUT2D eigenvalue weighted by atomic mass is 10.1. The first-order chi connectivity index (χ1) is 12.5. The van der Waals surface area contributed by atoms with Crippen LogP contribution >= 0.6 is 11.8 Å². The molecule has 2 unspecified atom stereocenters. The molecular weight excluding hydrogens is 368 g/mol. The fraction of sp³-hybridized carbons (Fsp3) is 0.211. The van der Waals surface area contributed by atoms with Gasteiger partial charge in [0.2, 0.25) is 0 Å². The molecule has 1 aromatic heterocycles. The van der Waals surface area contributed by atoms with Crippen LogP contribution in [0, 0.1) is 0 Å². The standard InChI is InChI=1S/C19H18N2O3S2/c1-26(22,23)15-7-4-13(5-8-15)12-21-14-6-9-18-17(11-14)24-16-3-2-10-20-19(16)25-18/h2-11,17-18,21H,12H2,1H3. The van der Waals surface area contributed by atoms with Crippen LogP contribution in [0.15, 0.2) is 76.4 Å². The monoisotopic (exact) mass is 386 g/mol. The van der Waals surface area contributed by atoms with E-state index >= 15 is 0 Å². The maximum Gasteiger partial charge on any atom is 0.175 e. The lowest BCUT2D eigenvalue weighted by Crippen LogP contribution is -2.33. The van der Waals surface area contributed by atoms with Crippen molar-refractivity contribution in [2.24, 2.45) is 0 Å². The maximum atomic E-state index is 11.5. The van der Waals surface area contributed by atoms with Gasteiger partial charge in [-0.25, -0.2) is 13.4 Å². The summed E-state index contributed by atoms with van der Waals surface area (Å²) in [7, 11) is -3.16. The number of allylic oxidation sites excluding steroid dienone is 1. The van der Waals surface area contributed by atoms with Crippen LogP contribution in [0.3, 0.4) is 0 Å². The molecule has 2 aliphatic rings. The Balaban J connectivity index is 1.42. The first-order valence-corrected chi connectivity index (χ1v) is 11.0. The first-order valence-electron chi connectivity index (χ1n) is 8.20. The van der Waals surface area contributed by atoms with Gasteiger partial charge in [-0.2, -0.15) is 0 Å². The smallest absolute Gasteiger partial charge is 0.175 e. The molecule has 2 atom stereocenters. The lowest BCUT2D eigenvalue weighted by Gasteiger charge is -2.31. The number of thioether (sulfide) groups is 1. The van der Waals surface area contributed by atoms with Crippen molar-refractivity contribution in [3.05, 3.63) is 72.1 Å². The Morgan fingerprint density at radius 3 is 2.81 bits per heavy atom. The summed E-state index contributed by atoms with van der Waals surface area (Å²) in [5.74, 6) is 0.820. The van der Waals surface area contributed by atoms with E-state index < -0.39 is 9.84 Å². The highest BCUT2D eigenvalue weighted by atomic mass is 32.2. The largest absolute Gasteiger partial charge is 0.482 e. The average molecular weight is 386 g/mol. The molecule has 1 aliphatic heterocycles. The summed E-state index contributed by atoms with van der Waals surface area (Å²) in [5, 5.41) is 4.52. The summed E-state index contributed by atoms with van der Waals surface area (Å²) < 4.78 is 29.1. The van der Waals surface area contributed by atoms with Crippen molar-refractivity contribution >= 4 is 21.6 Å². The molecule has 0 radical (unpaired) electrons. The predicted octanol–water partition coefficient (Wildman–Crippen LogP) is 2.95. The Hall–Kier alpha value is -2.25. The molecule has 2 heterocycles. The fourth-order valence-electron chi connectivity index (χ4n) is 2.85. The van der Waals surface area contributed by atoms with Crippen molar-refractivity contribution in [1.29, 1.82) is 0 Å². The number of benzene rings is 1. The van der Waals surface area contributed by atoms with Gasteiger partial charge in [0.25, 0.3) is 0 Å². The van der Waals surface area contributed by atoms with Crippen LogP contribution in [-0.2, 0) is 16.4 Å². The highest BCUT2D eigenvalue weighted by Gasteiger charge is 2.30. The van der Waals surface area contributed by atoms with Gasteiger partial charge in [-0.3, -0.25) is 0 Å². The summed E-state index contributed by atoms with van der Waals surface area (Å²) in [6.07, 6.45) is 9.22. The van der Waals surface area contributed by atoms with E-state index in [0.717, 1.165) is 22.0 Å². The zero-order valence-corrected chi connectivity index (χ0v) is 15.8. The van der Waals surface area contributed by atoms with Crippen molar-refractivity contribution in [2.45, 2.75) is 27.8 Å². The number of hydrogen-bond acceptors (Lipinski definition) is 6. The maximum absolute atomic E-state index is 11.5. The van der Waals surface area contributed by atoms with Crippen LogP contribution in [-0.4, -0.2) is 31.0 Å². The van der Waals surface area contributed by atoms with Gasteiger partial charge in [0, 0.05) is 24.7 Å². The first kappa shape index (κ1) is 17.2. The Kier molecular flexibility index (Phi) is 4.50. The summed E-state index contributed by atoms with van der Waals surface area (Å²) in [4.78, 5) is 4.69. The van der Waals surface area contributed by atoms with E-state index in [1.165, 1.54) is 6.26 Å². The SMILES string of the molecule is CS(=O)(=O)c1ccc(CNC2=CC3Oc4cccnc4SC3C=C2)cc1. The molecule has 0 amide bonds. The average Bonchev–Trinajstić information content (AvgIpc) is 2.64. The van der Waals surface area contributed by atoms with E-state index in [1.54, 1.807) is 30.1 Å². The van der Waals surface area contributed by atoms with Crippen LogP contribution in [0.5, 0.6) is 5.75 Å². The van der Waals surface area contributed by atoms with Gasteiger partial charge in [-0.05, 0) is 42.0 Å². The third-order valence-corrected chi connectivity index (χ3v) is 6.58. The zero-order chi connectivity index (χ0) is 18.1. The lowest BCUT2D eigenvalue weighted by molar-refractivity contribution is 0.240. The molecule has 134 valence electrons. The van der Waals surface area contributed by atoms with Gasteiger partial charge >= 0.3 is 0 Å². The van der Waals surface area contributed by atoms with Crippen LogP contribution in [0.2, 0.25) is 0 Å². The van der Waals surface area contributed by atoms with Crippen molar-refractivity contribution < 1.29 is 13.2 Å². The van der Waals surface area contributed by atoms with E-state index in [-0.39, 0.29) is 11.4 Å². The number of sulfone groups is 1. The van der Waals surface area contributed by atoms with Gasteiger partial charge in [-0.1, -0.05) is 30.0 Å².